The molecule has 1 fully saturated rings. The highest BCUT2D eigenvalue weighted by molar-refractivity contribution is 7.99. The van der Waals surface area contributed by atoms with Crippen molar-refractivity contribution < 1.29 is 9.59 Å². The van der Waals surface area contributed by atoms with Crippen LogP contribution in [-0.4, -0.2) is 35.6 Å². The van der Waals surface area contributed by atoms with Gasteiger partial charge in [-0.2, -0.15) is 0 Å². The zero-order valence-corrected chi connectivity index (χ0v) is 11.8. The van der Waals surface area contributed by atoms with Crippen molar-refractivity contribution in [2.45, 2.75) is 24.7 Å². The summed E-state index contributed by atoms with van der Waals surface area (Å²) in [6.07, 6.45) is 1.42. The summed E-state index contributed by atoms with van der Waals surface area (Å²) in [6, 6.07) is 7.74. The van der Waals surface area contributed by atoms with E-state index in [1.165, 1.54) is 0 Å². The first-order valence-corrected chi connectivity index (χ1v) is 7.48. The summed E-state index contributed by atoms with van der Waals surface area (Å²) in [4.78, 5) is 26.1. The van der Waals surface area contributed by atoms with Gasteiger partial charge in [-0.25, -0.2) is 0 Å². The van der Waals surface area contributed by atoms with E-state index < -0.39 is 0 Å². The third-order valence-electron chi connectivity index (χ3n) is 2.97. The molecule has 2 rings (SSSR count). The summed E-state index contributed by atoms with van der Waals surface area (Å²) in [5.74, 6) is 0.906. The average Bonchev–Trinajstić information content (AvgIpc) is 2.78. The Labute approximate surface area is 117 Å². The Balaban J connectivity index is 1.96. The molecule has 1 saturated heterocycles. The Morgan fingerprint density at radius 3 is 2.89 bits per heavy atom. The molecule has 1 aromatic rings. The van der Waals surface area contributed by atoms with Crippen LogP contribution in [0.5, 0.6) is 0 Å². The summed E-state index contributed by atoms with van der Waals surface area (Å²) in [5.41, 5.74) is 0.825. The molecule has 102 valence electrons. The van der Waals surface area contributed by atoms with Crippen LogP contribution in [0, 0.1) is 0 Å². The highest BCUT2D eigenvalue weighted by Crippen LogP contribution is 2.26. The van der Waals surface area contributed by atoms with E-state index in [1.54, 1.807) is 16.7 Å². The third kappa shape index (κ3) is 3.73. The van der Waals surface area contributed by atoms with E-state index in [2.05, 4.69) is 12.2 Å². The van der Waals surface area contributed by atoms with Gasteiger partial charge < -0.3 is 10.2 Å². The first-order chi connectivity index (χ1) is 9.20. The first kappa shape index (κ1) is 13.9. The Hall–Kier alpha value is -1.49. The van der Waals surface area contributed by atoms with E-state index in [-0.39, 0.29) is 18.4 Å². The lowest BCUT2D eigenvalue weighted by Crippen LogP contribution is -2.34. The third-order valence-corrected chi connectivity index (χ3v) is 3.92. The number of thioether (sulfide) groups is 1. The van der Waals surface area contributed by atoms with Gasteiger partial charge in [-0.15, -0.1) is 11.8 Å². The fourth-order valence-corrected chi connectivity index (χ4v) is 2.85. The van der Waals surface area contributed by atoms with E-state index in [9.17, 15) is 9.59 Å². The molecule has 1 aromatic carbocycles. The number of nitrogens with one attached hydrogen (secondary N) is 1. The van der Waals surface area contributed by atoms with Crippen molar-refractivity contribution >= 4 is 29.3 Å². The van der Waals surface area contributed by atoms with Crippen molar-refractivity contribution in [3.05, 3.63) is 24.3 Å². The molecule has 5 heteroatoms. The topological polar surface area (TPSA) is 49.4 Å². The molecule has 2 amide bonds. The SMILES string of the molecule is CCSc1ccccc1NC(=O)CN1CCCC1=O. The monoisotopic (exact) mass is 278 g/mol. The van der Waals surface area contributed by atoms with Crippen LogP contribution in [0.2, 0.25) is 0 Å². The molecular formula is C14H18N2O2S. The normalized spacial score (nSPS) is 14.8. The molecule has 0 saturated carbocycles. The van der Waals surface area contributed by atoms with Gasteiger partial charge in [0, 0.05) is 17.9 Å². The number of benzene rings is 1. The highest BCUT2D eigenvalue weighted by atomic mass is 32.2. The second-order valence-corrected chi connectivity index (χ2v) is 5.70. The largest absolute Gasteiger partial charge is 0.333 e. The van der Waals surface area contributed by atoms with E-state index in [4.69, 9.17) is 0 Å². The molecule has 0 atom stereocenters. The van der Waals surface area contributed by atoms with E-state index in [0.29, 0.717) is 13.0 Å². The van der Waals surface area contributed by atoms with Crippen molar-refractivity contribution in [1.82, 2.24) is 4.90 Å². The standard InChI is InChI=1S/C14H18N2O2S/c1-2-19-12-7-4-3-6-11(12)15-13(17)10-16-9-5-8-14(16)18/h3-4,6-7H,2,5,8-10H2,1H3,(H,15,17). The fourth-order valence-electron chi connectivity index (χ4n) is 2.09. The quantitative estimate of drug-likeness (QED) is 0.841. The number of carbonyl (C=O) groups excluding carboxylic acids is 2. The van der Waals surface area contributed by atoms with Gasteiger partial charge in [-0.05, 0) is 24.3 Å². The number of hydrogen-bond acceptors (Lipinski definition) is 3. The van der Waals surface area contributed by atoms with Gasteiger partial charge in [0.15, 0.2) is 0 Å². The zero-order valence-electron chi connectivity index (χ0n) is 11.0. The van der Waals surface area contributed by atoms with Crippen molar-refractivity contribution in [3.63, 3.8) is 0 Å². The molecule has 0 aliphatic carbocycles. The molecule has 0 radical (unpaired) electrons. The van der Waals surface area contributed by atoms with Gasteiger partial charge >= 0.3 is 0 Å². The summed E-state index contributed by atoms with van der Waals surface area (Å²) < 4.78 is 0. The summed E-state index contributed by atoms with van der Waals surface area (Å²) in [6.45, 7) is 2.92. The van der Waals surface area contributed by atoms with Gasteiger partial charge in [0.2, 0.25) is 11.8 Å². The lowest BCUT2D eigenvalue weighted by molar-refractivity contribution is -0.131. The number of amides is 2. The summed E-state index contributed by atoms with van der Waals surface area (Å²) in [5, 5.41) is 2.89. The van der Waals surface area contributed by atoms with E-state index in [0.717, 1.165) is 22.8 Å². The Morgan fingerprint density at radius 2 is 2.21 bits per heavy atom. The van der Waals surface area contributed by atoms with Crippen molar-refractivity contribution in [2.75, 3.05) is 24.2 Å². The lowest BCUT2D eigenvalue weighted by atomic mass is 10.3. The van der Waals surface area contributed by atoms with Crippen molar-refractivity contribution in [2.24, 2.45) is 0 Å². The van der Waals surface area contributed by atoms with E-state index in [1.807, 2.05) is 24.3 Å². The average molecular weight is 278 g/mol. The minimum absolute atomic E-state index is 0.0753. The molecule has 4 nitrogen and oxygen atoms in total. The van der Waals surface area contributed by atoms with Crippen LogP contribution < -0.4 is 5.32 Å². The molecule has 1 aliphatic heterocycles. The van der Waals surface area contributed by atoms with Gasteiger partial charge in [-0.3, -0.25) is 9.59 Å². The molecule has 1 heterocycles. The molecule has 0 bridgehead atoms. The molecule has 0 unspecified atom stereocenters. The lowest BCUT2D eigenvalue weighted by Gasteiger charge is -2.16. The maximum absolute atomic E-state index is 12.0. The number of anilines is 1. The maximum Gasteiger partial charge on any atom is 0.244 e. The van der Waals surface area contributed by atoms with Crippen LogP contribution >= 0.6 is 11.8 Å². The number of rotatable bonds is 5. The molecular weight excluding hydrogens is 260 g/mol. The second kappa shape index (κ2) is 6.61. The fraction of sp³-hybridized carbons (Fsp3) is 0.429. The predicted molar refractivity (Wildman–Crippen MR) is 77.3 cm³/mol. The number of nitrogens with zero attached hydrogens (tertiary/aromatic N) is 1. The number of likely N-dealkylation sites (tertiary alicyclic amines) is 1. The Kier molecular flexibility index (Phi) is 4.85. The van der Waals surface area contributed by atoms with Crippen molar-refractivity contribution in [1.29, 1.82) is 0 Å². The highest BCUT2D eigenvalue weighted by Gasteiger charge is 2.22. The van der Waals surface area contributed by atoms with Crippen LogP contribution in [0.15, 0.2) is 29.2 Å². The minimum atomic E-state index is -0.126. The maximum atomic E-state index is 12.0. The van der Waals surface area contributed by atoms with Crippen LogP contribution in [0.3, 0.4) is 0 Å². The van der Waals surface area contributed by atoms with Gasteiger partial charge in [0.25, 0.3) is 0 Å². The summed E-state index contributed by atoms with van der Waals surface area (Å²) in [7, 11) is 0. The van der Waals surface area contributed by atoms with Crippen LogP contribution in [0.1, 0.15) is 19.8 Å². The van der Waals surface area contributed by atoms with Gasteiger partial charge in [0.05, 0.1) is 12.2 Å². The second-order valence-electron chi connectivity index (χ2n) is 4.40. The minimum Gasteiger partial charge on any atom is -0.333 e. The predicted octanol–water partition coefficient (Wildman–Crippen LogP) is 2.36. The number of hydrogen-bond donors (Lipinski definition) is 1. The zero-order chi connectivity index (χ0) is 13.7. The molecule has 19 heavy (non-hydrogen) atoms. The molecule has 1 N–H and O–H groups in total. The smallest absolute Gasteiger partial charge is 0.244 e. The summed E-state index contributed by atoms with van der Waals surface area (Å²) >= 11 is 1.69. The van der Waals surface area contributed by atoms with Crippen molar-refractivity contribution in [3.8, 4) is 0 Å². The van der Waals surface area contributed by atoms with Gasteiger partial charge in [-0.1, -0.05) is 19.1 Å². The van der Waals surface area contributed by atoms with Crippen LogP contribution in [0.25, 0.3) is 0 Å². The van der Waals surface area contributed by atoms with Crippen LogP contribution in [-0.2, 0) is 9.59 Å². The Bertz CT molecular complexity index is 476. The van der Waals surface area contributed by atoms with E-state index >= 15 is 0 Å². The van der Waals surface area contributed by atoms with Crippen LogP contribution in [0.4, 0.5) is 5.69 Å². The number of para-hydroxylation sites is 1. The molecule has 0 spiro atoms. The first-order valence-electron chi connectivity index (χ1n) is 6.50. The van der Waals surface area contributed by atoms with Gasteiger partial charge in [0.1, 0.15) is 0 Å². The molecule has 0 aromatic heterocycles. The Morgan fingerprint density at radius 1 is 1.42 bits per heavy atom. The molecule has 1 aliphatic rings. The number of carbonyl (C=O) groups is 2.